The lowest BCUT2D eigenvalue weighted by Crippen LogP contribution is -2.23. The molecule has 0 N–H and O–H groups in total. The SMILES string of the molecule is CC(=O)C(=O)OC1COCCCS1. The molecule has 1 heterocycles. The highest BCUT2D eigenvalue weighted by atomic mass is 32.2. The highest BCUT2D eigenvalue weighted by molar-refractivity contribution is 7.99. The zero-order valence-electron chi connectivity index (χ0n) is 7.45. The van der Waals surface area contributed by atoms with Crippen LogP contribution in [-0.4, -0.2) is 36.2 Å². The Hall–Kier alpha value is -0.550. The normalized spacial score (nSPS) is 23.3. The molecule has 0 amide bonds. The van der Waals surface area contributed by atoms with Crippen LogP contribution in [0, 0.1) is 0 Å². The van der Waals surface area contributed by atoms with Crippen molar-refractivity contribution in [3.63, 3.8) is 0 Å². The second kappa shape index (κ2) is 5.24. The Balaban J connectivity index is 2.33. The first-order valence-corrected chi connectivity index (χ1v) is 5.16. The maximum atomic E-state index is 10.9. The first-order valence-electron chi connectivity index (χ1n) is 4.11. The summed E-state index contributed by atoms with van der Waals surface area (Å²) in [6.45, 7) is 2.27. The molecule has 1 rings (SSSR count). The average molecular weight is 204 g/mol. The fourth-order valence-corrected chi connectivity index (χ4v) is 1.77. The number of Topliss-reactive ketones (excluding diaryl/α,β-unsaturated/α-hetero) is 1. The summed E-state index contributed by atoms with van der Waals surface area (Å²) in [5, 5.41) is 0. The van der Waals surface area contributed by atoms with Gasteiger partial charge in [0.1, 0.15) is 0 Å². The van der Waals surface area contributed by atoms with E-state index in [2.05, 4.69) is 0 Å². The molecule has 0 spiro atoms. The summed E-state index contributed by atoms with van der Waals surface area (Å²) in [6, 6.07) is 0. The maximum Gasteiger partial charge on any atom is 0.375 e. The number of ether oxygens (including phenoxy) is 2. The van der Waals surface area contributed by atoms with Crippen molar-refractivity contribution in [1.29, 1.82) is 0 Å². The van der Waals surface area contributed by atoms with E-state index < -0.39 is 11.8 Å². The van der Waals surface area contributed by atoms with Crippen molar-refractivity contribution in [3.05, 3.63) is 0 Å². The number of hydrogen-bond acceptors (Lipinski definition) is 5. The number of carbonyl (C=O) groups excluding carboxylic acids is 2. The quantitative estimate of drug-likeness (QED) is 0.487. The van der Waals surface area contributed by atoms with Crippen LogP contribution in [0.3, 0.4) is 0 Å². The van der Waals surface area contributed by atoms with Crippen LogP contribution in [0.1, 0.15) is 13.3 Å². The Morgan fingerprint density at radius 2 is 2.31 bits per heavy atom. The van der Waals surface area contributed by atoms with Gasteiger partial charge >= 0.3 is 5.97 Å². The molecule has 0 radical (unpaired) electrons. The summed E-state index contributed by atoms with van der Waals surface area (Å²) in [7, 11) is 0. The van der Waals surface area contributed by atoms with Gasteiger partial charge in [0.05, 0.1) is 6.61 Å². The lowest BCUT2D eigenvalue weighted by atomic mass is 10.5. The Bertz CT molecular complexity index is 196. The van der Waals surface area contributed by atoms with E-state index in [0.717, 1.165) is 12.2 Å². The Morgan fingerprint density at radius 1 is 1.54 bits per heavy atom. The second-order valence-corrected chi connectivity index (χ2v) is 3.96. The summed E-state index contributed by atoms with van der Waals surface area (Å²) in [4.78, 5) is 21.5. The van der Waals surface area contributed by atoms with E-state index in [0.29, 0.717) is 13.2 Å². The smallest absolute Gasteiger partial charge is 0.375 e. The first-order chi connectivity index (χ1) is 6.20. The summed E-state index contributed by atoms with van der Waals surface area (Å²) < 4.78 is 10.1. The van der Waals surface area contributed by atoms with Crippen LogP contribution < -0.4 is 0 Å². The fraction of sp³-hybridized carbons (Fsp3) is 0.750. The molecule has 1 fully saturated rings. The maximum absolute atomic E-state index is 10.9. The van der Waals surface area contributed by atoms with Gasteiger partial charge in [-0.15, -0.1) is 11.8 Å². The van der Waals surface area contributed by atoms with Crippen molar-refractivity contribution < 1.29 is 19.1 Å². The summed E-state index contributed by atoms with van der Waals surface area (Å²) >= 11 is 1.51. The van der Waals surface area contributed by atoms with Gasteiger partial charge in [-0.25, -0.2) is 4.79 Å². The zero-order valence-corrected chi connectivity index (χ0v) is 8.26. The molecule has 1 aliphatic heterocycles. The molecular weight excluding hydrogens is 192 g/mol. The van der Waals surface area contributed by atoms with Gasteiger partial charge in [-0.05, 0) is 12.2 Å². The van der Waals surface area contributed by atoms with Crippen molar-refractivity contribution in [2.24, 2.45) is 0 Å². The number of hydrogen-bond donors (Lipinski definition) is 0. The van der Waals surface area contributed by atoms with Gasteiger partial charge in [0.15, 0.2) is 5.44 Å². The van der Waals surface area contributed by atoms with Crippen LogP contribution >= 0.6 is 11.8 Å². The molecule has 0 bridgehead atoms. The van der Waals surface area contributed by atoms with Gasteiger partial charge < -0.3 is 9.47 Å². The molecule has 5 heteroatoms. The van der Waals surface area contributed by atoms with Gasteiger partial charge in [-0.3, -0.25) is 4.79 Å². The van der Waals surface area contributed by atoms with Crippen molar-refractivity contribution in [1.82, 2.24) is 0 Å². The number of ketones is 1. The Labute approximate surface area is 81.0 Å². The minimum atomic E-state index is -0.775. The van der Waals surface area contributed by atoms with E-state index in [1.807, 2.05) is 0 Å². The van der Waals surface area contributed by atoms with Crippen molar-refractivity contribution in [2.45, 2.75) is 18.8 Å². The van der Waals surface area contributed by atoms with Gasteiger partial charge in [-0.1, -0.05) is 0 Å². The number of esters is 1. The third kappa shape index (κ3) is 3.78. The molecule has 74 valence electrons. The predicted octanol–water partition coefficient (Wildman–Crippen LogP) is 0.598. The van der Waals surface area contributed by atoms with Crippen LogP contribution in [0.4, 0.5) is 0 Å². The molecule has 0 saturated carbocycles. The van der Waals surface area contributed by atoms with Crippen molar-refractivity contribution in [3.8, 4) is 0 Å². The predicted molar refractivity (Wildman–Crippen MR) is 48.5 cm³/mol. The molecule has 1 aliphatic rings. The monoisotopic (exact) mass is 204 g/mol. The first kappa shape index (κ1) is 10.5. The minimum Gasteiger partial charge on any atom is -0.443 e. The molecule has 0 aliphatic carbocycles. The van der Waals surface area contributed by atoms with Gasteiger partial charge in [0.2, 0.25) is 5.78 Å². The van der Waals surface area contributed by atoms with Crippen LogP contribution in [0.15, 0.2) is 0 Å². The Kier molecular flexibility index (Phi) is 4.24. The molecule has 1 atom stereocenters. The second-order valence-electron chi connectivity index (χ2n) is 2.69. The molecule has 4 nitrogen and oxygen atoms in total. The van der Waals surface area contributed by atoms with Gasteiger partial charge in [-0.2, -0.15) is 0 Å². The third-order valence-electron chi connectivity index (χ3n) is 1.52. The average Bonchev–Trinajstić information content (AvgIpc) is 2.32. The summed E-state index contributed by atoms with van der Waals surface area (Å²) in [5.41, 5.74) is -0.320. The summed E-state index contributed by atoms with van der Waals surface area (Å²) in [5.74, 6) is -0.441. The third-order valence-corrected chi connectivity index (χ3v) is 2.65. The van der Waals surface area contributed by atoms with E-state index >= 15 is 0 Å². The van der Waals surface area contributed by atoms with Gasteiger partial charge in [0, 0.05) is 13.5 Å². The minimum absolute atomic E-state index is 0.320. The van der Waals surface area contributed by atoms with E-state index in [9.17, 15) is 9.59 Å². The zero-order chi connectivity index (χ0) is 9.68. The largest absolute Gasteiger partial charge is 0.443 e. The lowest BCUT2D eigenvalue weighted by Gasteiger charge is -2.12. The molecule has 13 heavy (non-hydrogen) atoms. The van der Waals surface area contributed by atoms with E-state index in [1.165, 1.54) is 18.7 Å². The standard InChI is InChI=1S/C8H12O4S/c1-6(9)8(10)12-7-5-11-3-2-4-13-7/h7H,2-5H2,1H3. The molecule has 0 aromatic carbocycles. The van der Waals surface area contributed by atoms with E-state index in [4.69, 9.17) is 9.47 Å². The Morgan fingerprint density at radius 3 is 3.00 bits per heavy atom. The molecule has 1 unspecified atom stereocenters. The number of carbonyl (C=O) groups is 2. The van der Waals surface area contributed by atoms with Crippen molar-refractivity contribution >= 4 is 23.5 Å². The topological polar surface area (TPSA) is 52.6 Å². The van der Waals surface area contributed by atoms with Gasteiger partial charge in [0.25, 0.3) is 0 Å². The summed E-state index contributed by atoms with van der Waals surface area (Å²) in [6.07, 6.45) is 0.957. The number of thioether (sulfide) groups is 1. The number of rotatable bonds is 2. The highest BCUT2D eigenvalue weighted by Gasteiger charge is 2.19. The fourth-order valence-electron chi connectivity index (χ4n) is 0.874. The molecule has 0 aromatic heterocycles. The van der Waals surface area contributed by atoms with Crippen LogP contribution in [0.5, 0.6) is 0 Å². The van der Waals surface area contributed by atoms with E-state index in [1.54, 1.807) is 0 Å². The highest BCUT2D eigenvalue weighted by Crippen LogP contribution is 2.17. The van der Waals surface area contributed by atoms with Crippen LogP contribution in [-0.2, 0) is 19.1 Å². The lowest BCUT2D eigenvalue weighted by molar-refractivity contribution is -0.155. The van der Waals surface area contributed by atoms with Crippen LogP contribution in [0.25, 0.3) is 0 Å². The molecule has 0 aromatic rings. The van der Waals surface area contributed by atoms with Crippen molar-refractivity contribution in [2.75, 3.05) is 19.0 Å². The van der Waals surface area contributed by atoms with E-state index in [-0.39, 0.29) is 5.44 Å². The molecular formula is C8H12O4S. The molecule has 1 saturated heterocycles. The van der Waals surface area contributed by atoms with Crippen LogP contribution in [0.2, 0.25) is 0 Å².